The predicted octanol–water partition coefficient (Wildman–Crippen LogP) is 1.63. The minimum Gasteiger partial charge on any atom is -0.392 e. The molecule has 0 saturated carbocycles. The summed E-state index contributed by atoms with van der Waals surface area (Å²) in [6.07, 6.45) is 4.39. The van der Waals surface area contributed by atoms with E-state index in [1.165, 1.54) is 24.3 Å². The average molecular weight is 203 g/mol. The van der Waals surface area contributed by atoms with E-state index in [-0.39, 0.29) is 6.10 Å². The second kappa shape index (κ2) is 6.68. The molecule has 0 aromatic heterocycles. The molecule has 1 fully saturated rings. The lowest BCUT2D eigenvalue weighted by molar-refractivity contribution is 0.155. The van der Waals surface area contributed by atoms with E-state index in [0.29, 0.717) is 6.04 Å². The summed E-state index contributed by atoms with van der Waals surface area (Å²) in [6.45, 7) is 2.89. The first-order valence-corrected chi connectivity index (χ1v) is 6.47. The number of rotatable bonds is 5. The first-order valence-electron chi connectivity index (χ1n) is 5.32. The highest BCUT2D eigenvalue weighted by atomic mass is 32.2. The maximum atomic E-state index is 9.51. The molecule has 0 bridgehead atoms. The number of nitrogens with one attached hydrogen (secondary N) is 1. The molecule has 1 aliphatic heterocycles. The van der Waals surface area contributed by atoms with Crippen LogP contribution >= 0.6 is 11.8 Å². The van der Waals surface area contributed by atoms with E-state index in [2.05, 4.69) is 12.2 Å². The first-order chi connectivity index (χ1) is 6.33. The summed E-state index contributed by atoms with van der Waals surface area (Å²) in [4.78, 5) is 0. The monoisotopic (exact) mass is 203 g/mol. The predicted molar refractivity (Wildman–Crippen MR) is 59.3 cm³/mol. The van der Waals surface area contributed by atoms with E-state index in [0.717, 1.165) is 19.4 Å². The maximum absolute atomic E-state index is 9.51. The van der Waals surface area contributed by atoms with Gasteiger partial charge in [-0.1, -0.05) is 13.3 Å². The van der Waals surface area contributed by atoms with Crippen LogP contribution in [0.25, 0.3) is 0 Å². The van der Waals surface area contributed by atoms with Crippen LogP contribution in [-0.4, -0.2) is 35.3 Å². The topological polar surface area (TPSA) is 32.3 Å². The maximum Gasteiger partial charge on any atom is 0.0664 e. The standard InChI is InChI=1S/C10H21NOS/c1-2-3-10(12)8-11-9-4-6-13-7-5-9/h9-12H,2-8H2,1H3. The lowest BCUT2D eigenvalue weighted by Gasteiger charge is -2.23. The molecule has 0 aromatic carbocycles. The van der Waals surface area contributed by atoms with Crippen molar-refractivity contribution in [3.8, 4) is 0 Å². The molecule has 1 rings (SSSR count). The highest BCUT2D eigenvalue weighted by molar-refractivity contribution is 7.99. The smallest absolute Gasteiger partial charge is 0.0664 e. The Kier molecular flexibility index (Phi) is 5.83. The highest BCUT2D eigenvalue weighted by Gasteiger charge is 2.13. The highest BCUT2D eigenvalue weighted by Crippen LogP contribution is 2.16. The first kappa shape index (κ1) is 11.3. The van der Waals surface area contributed by atoms with Crippen molar-refractivity contribution in [2.45, 2.75) is 44.8 Å². The molecule has 1 heterocycles. The van der Waals surface area contributed by atoms with Crippen molar-refractivity contribution in [1.29, 1.82) is 0 Å². The van der Waals surface area contributed by atoms with Crippen LogP contribution in [0.1, 0.15) is 32.6 Å². The van der Waals surface area contributed by atoms with Crippen molar-refractivity contribution < 1.29 is 5.11 Å². The number of aliphatic hydroxyl groups is 1. The molecule has 2 nitrogen and oxygen atoms in total. The summed E-state index contributed by atoms with van der Waals surface area (Å²) >= 11 is 2.04. The third-order valence-electron chi connectivity index (χ3n) is 2.49. The molecule has 1 unspecified atom stereocenters. The summed E-state index contributed by atoms with van der Waals surface area (Å²) < 4.78 is 0. The van der Waals surface area contributed by atoms with Gasteiger partial charge in [0.2, 0.25) is 0 Å². The van der Waals surface area contributed by atoms with Crippen LogP contribution in [0.15, 0.2) is 0 Å². The fourth-order valence-electron chi connectivity index (χ4n) is 1.64. The Labute approximate surface area is 85.5 Å². The van der Waals surface area contributed by atoms with Gasteiger partial charge in [-0.2, -0.15) is 11.8 Å². The Balaban J connectivity index is 2.03. The van der Waals surface area contributed by atoms with Gasteiger partial charge in [-0.25, -0.2) is 0 Å². The SMILES string of the molecule is CCCC(O)CNC1CCSCC1. The fourth-order valence-corrected chi connectivity index (χ4v) is 2.75. The zero-order chi connectivity index (χ0) is 9.52. The van der Waals surface area contributed by atoms with E-state index >= 15 is 0 Å². The van der Waals surface area contributed by atoms with Crippen molar-refractivity contribution in [1.82, 2.24) is 5.32 Å². The molecular formula is C10H21NOS. The molecule has 0 amide bonds. The molecule has 0 aliphatic carbocycles. The molecule has 0 aromatic rings. The lowest BCUT2D eigenvalue weighted by Crippen LogP contribution is -2.37. The zero-order valence-corrected chi connectivity index (χ0v) is 9.28. The van der Waals surface area contributed by atoms with Crippen LogP contribution in [0.5, 0.6) is 0 Å². The number of hydrogen-bond donors (Lipinski definition) is 2. The summed E-state index contributed by atoms with van der Waals surface area (Å²) in [7, 11) is 0. The number of thioether (sulfide) groups is 1. The van der Waals surface area contributed by atoms with Gasteiger partial charge in [-0.3, -0.25) is 0 Å². The number of hydrogen-bond acceptors (Lipinski definition) is 3. The average Bonchev–Trinajstić information content (AvgIpc) is 2.17. The minimum absolute atomic E-state index is 0.139. The van der Waals surface area contributed by atoms with Gasteiger partial charge in [0.1, 0.15) is 0 Å². The molecule has 1 aliphatic rings. The van der Waals surface area contributed by atoms with Crippen LogP contribution in [0.4, 0.5) is 0 Å². The molecule has 3 heteroatoms. The van der Waals surface area contributed by atoms with E-state index < -0.39 is 0 Å². The molecular weight excluding hydrogens is 182 g/mol. The van der Waals surface area contributed by atoms with Gasteiger partial charge < -0.3 is 10.4 Å². The number of aliphatic hydroxyl groups excluding tert-OH is 1. The largest absolute Gasteiger partial charge is 0.392 e. The lowest BCUT2D eigenvalue weighted by atomic mass is 10.1. The summed E-state index contributed by atoms with van der Waals surface area (Å²) in [5, 5.41) is 13.0. The van der Waals surface area contributed by atoms with Crippen molar-refractivity contribution in [2.24, 2.45) is 0 Å². The van der Waals surface area contributed by atoms with Crippen LogP contribution in [0, 0.1) is 0 Å². The summed E-state index contributed by atoms with van der Waals surface area (Å²) in [5.74, 6) is 2.56. The van der Waals surface area contributed by atoms with Gasteiger partial charge in [0.15, 0.2) is 0 Å². The minimum atomic E-state index is -0.139. The van der Waals surface area contributed by atoms with Gasteiger partial charge in [0, 0.05) is 12.6 Å². The summed E-state index contributed by atoms with van der Waals surface area (Å²) in [6, 6.07) is 0.660. The van der Waals surface area contributed by atoms with Crippen LogP contribution < -0.4 is 5.32 Å². The van der Waals surface area contributed by atoms with Crippen molar-refractivity contribution in [2.75, 3.05) is 18.1 Å². The van der Waals surface area contributed by atoms with E-state index in [4.69, 9.17) is 0 Å². The van der Waals surface area contributed by atoms with Gasteiger partial charge in [-0.05, 0) is 30.8 Å². The molecule has 1 saturated heterocycles. The molecule has 2 N–H and O–H groups in total. The molecule has 78 valence electrons. The van der Waals surface area contributed by atoms with Gasteiger partial charge in [0.05, 0.1) is 6.10 Å². The Morgan fingerprint density at radius 1 is 1.46 bits per heavy atom. The van der Waals surface area contributed by atoms with Crippen molar-refractivity contribution in [3.63, 3.8) is 0 Å². The van der Waals surface area contributed by atoms with Gasteiger partial charge in [-0.15, -0.1) is 0 Å². The third-order valence-corrected chi connectivity index (χ3v) is 3.53. The van der Waals surface area contributed by atoms with E-state index in [9.17, 15) is 5.11 Å². The van der Waals surface area contributed by atoms with Crippen molar-refractivity contribution in [3.05, 3.63) is 0 Å². The quantitative estimate of drug-likeness (QED) is 0.712. The van der Waals surface area contributed by atoms with Crippen LogP contribution in [-0.2, 0) is 0 Å². The van der Waals surface area contributed by atoms with E-state index in [1.807, 2.05) is 11.8 Å². The Bertz CT molecular complexity index is 126. The van der Waals surface area contributed by atoms with Crippen molar-refractivity contribution >= 4 is 11.8 Å². The molecule has 1 atom stereocenters. The Hall–Kier alpha value is 0.270. The van der Waals surface area contributed by atoms with Crippen LogP contribution in [0.3, 0.4) is 0 Å². The van der Waals surface area contributed by atoms with Gasteiger partial charge in [0.25, 0.3) is 0 Å². The Morgan fingerprint density at radius 2 is 2.15 bits per heavy atom. The van der Waals surface area contributed by atoms with Gasteiger partial charge >= 0.3 is 0 Å². The second-order valence-electron chi connectivity index (χ2n) is 3.74. The fraction of sp³-hybridized carbons (Fsp3) is 1.00. The molecule has 0 spiro atoms. The summed E-state index contributed by atoms with van der Waals surface area (Å²) in [5.41, 5.74) is 0. The van der Waals surface area contributed by atoms with E-state index in [1.54, 1.807) is 0 Å². The molecule has 0 radical (unpaired) electrons. The third kappa shape index (κ3) is 4.89. The zero-order valence-electron chi connectivity index (χ0n) is 8.46. The second-order valence-corrected chi connectivity index (χ2v) is 4.96. The van der Waals surface area contributed by atoms with Crippen LogP contribution in [0.2, 0.25) is 0 Å². The normalized spacial score (nSPS) is 21.7. The molecule has 13 heavy (non-hydrogen) atoms. The Morgan fingerprint density at radius 3 is 2.77 bits per heavy atom.